The van der Waals surface area contributed by atoms with Crippen LogP contribution in [0.25, 0.3) is 0 Å². The standard InChI is InChI=1S/C17H26O3/c1-16(2,3)13-7-11(19-9-12-10-20-12)8-14(15(13)18)17(4,5)6/h7-8,12,18H,9-10H2,1-6H3. The first kappa shape index (κ1) is 15.2. The monoisotopic (exact) mass is 278 g/mol. The fourth-order valence-electron chi connectivity index (χ4n) is 2.19. The van der Waals surface area contributed by atoms with Crippen LogP contribution in [-0.4, -0.2) is 24.4 Å². The Balaban J connectivity index is 2.41. The van der Waals surface area contributed by atoms with Gasteiger partial charge in [0.05, 0.1) is 6.61 Å². The van der Waals surface area contributed by atoms with Gasteiger partial charge in [0.15, 0.2) is 0 Å². The minimum Gasteiger partial charge on any atom is -0.507 e. The van der Waals surface area contributed by atoms with E-state index in [0.29, 0.717) is 12.4 Å². The van der Waals surface area contributed by atoms with Gasteiger partial charge >= 0.3 is 0 Å². The second-order valence-electron chi connectivity index (χ2n) is 7.63. The number of epoxide rings is 1. The Morgan fingerprint density at radius 1 is 1.10 bits per heavy atom. The summed E-state index contributed by atoms with van der Waals surface area (Å²) >= 11 is 0. The van der Waals surface area contributed by atoms with Crippen molar-refractivity contribution in [2.75, 3.05) is 13.2 Å². The largest absolute Gasteiger partial charge is 0.507 e. The number of phenolic OH excluding ortho intramolecular Hbond substituents is 1. The molecule has 0 amide bonds. The molecule has 1 aliphatic rings. The van der Waals surface area contributed by atoms with Gasteiger partial charge in [-0.25, -0.2) is 0 Å². The van der Waals surface area contributed by atoms with Crippen LogP contribution in [0.2, 0.25) is 0 Å². The summed E-state index contributed by atoms with van der Waals surface area (Å²) < 4.78 is 11.0. The van der Waals surface area contributed by atoms with Crippen LogP contribution >= 0.6 is 0 Å². The molecule has 0 aliphatic carbocycles. The summed E-state index contributed by atoms with van der Waals surface area (Å²) in [5.74, 6) is 1.20. The number of hydrogen-bond donors (Lipinski definition) is 1. The SMILES string of the molecule is CC(C)(C)c1cc(OCC2CO2)cc(C(C)(C)C)c1O. The molecule has 0 radical (unpaired) electrons. The van der Waals surface area contributed by atoms with Crippen molar-refractivity contribution in [1.29, 1.82) is 0 Å². The van der Waals surface area contributed by atoms with Gasteiger partial charge in [-0.15, -0.1) is 0 Å². The fraction of sp³-hybridized carbons (Fsp3) is 0.647. The third-order valence-corrected chi connectivity index (χ3v) is 3.54. The molecule has 1 N–H and O–H groups in total. The summed E-state index contributed by atoms with van der Waals surface area (Å²) in [6, 6.07) is 3.90. The van der Waals surface area contributed by atoms with Crippen LogP contribution < -0.4 is 4.74 Å². The van der Waals surface area contributed by atoms with E-state index in [0.717, 1.165) is 23.5 Å². The molecule has 112 valence electrons. The van der Waals surface area contributed by atoms with Crippen molar-refractivity contribution in [3.05, 3.63) is 23.3 Å². The average Bonchev–Trinajstić information content (AvgIpc) is 3.08. The molecule has 3 heteroatoms. The summed E-state index contributed by atoms with van der Waals surface area (Å²) in [7, 11) is 0. The number of phenols is 1. The first-order valence-corrected chi connectivity index (χ1v) is 7.21. The van der Waals surface area contributed by atoms with Gasteiger partial charge in [0.2, 0.25) is 0 Å². The van der Waals surface area contributed by atoms with Crippen molar-refractivity contribution in [1.82, 2.24) is 0 Å². The highest BCUT2D eigenvalue weighted by molar-refractivity contribution is 5.51. The van der Waals surface area contributed by atoms with Crippen LogP contribution in [0.5, 0.6) is 11.5 Å². The van der Waals surface area contributed by atoms with E-state index in [2.05, 4.69) is 41.5 Å². The van der Waals surface area contributed by atoms with Crippen LogP contribution in [0.4, 0.5) is 0 Å². The molecule has 2 rings (SSSR count). The quantitative estimate of drug-likeness (QED) is 0.856. The van der Waals surface area contributed by atoms with E-state index in [-0.39, 0.29) is 16.9 Å². The molecule has 0 spiro atoms. The van der Waals surface area contributed by atoms with Gasteiger partial charge < -0.3 is 14.6 Å². The molecular formula is C17H26O3. The average molecular weight is 278 g/mol. The molecule has 20 heavy (non-hydrogen) atoms. The normalized spacial score (nSPS) is 19.0. The van der Waals surface area contributed by atoms with Crippen LogP contribution in [0.15, 0.2) is 12.1 Å². The Morgan fingerprint density at radius 2 is 1.55 bits per heavy atom. The number of rotatable bonds is 3. The second-order valence-corrected chi connectivity index (χ2v) is 7.63. The highest BCUT2D eigenvalue weighted by atomic mass is 16.6. The van der Waals surface area contributed by atoms with Gasteiger partial charge in [0.25, 0.3) is 0 Å². The van der Waals surface area contributed by atoms with Gasteiger partial charge in [0, 0.05) is 11.1 Å². The minimum absolute atomic E-state index is 0.125. The Hall–Kier alpha value is -1.22. The Labute approximate surface area is 121 Å². The van der Waals surface area contributed by atoms with Crippen LogP contribution in [-0.2, 0) is 15.6 Å². The zero-order chi connectivity index (χ0) is 15.1. The molecule has 3 nitrogen and oxygen atoms in total. The molecular weight excluding hydrogens is 252 g/mol. The number of benzene rings is 1. The van der Waals surface area contributed by atoms with Gasteiger partial charge in [-0.2, -0.15) is 0 Å². The number of ether oxygens (including phenoxy) is 2. The van der Waals surface area contributed by atoms with Crippen molar-refractivity contribution < 1.29 is 14.6 Å². The molecule has 0 aromatic heterocycles. The van der Waals surface area contributed by atoms with E-state index in [9.17, 15) is 5.11 Å². The number of hydrogen-bond acceptors (Lipinski definition) is 3. The van der Waals surface area contributed by atoms with Crippen molar-refractivity contribution >= 4 is 0 Å². The van der Waals surface area contributed by atoms with Crippen molar-refractivity contribution in [3.8, 4) is 11.5 Å². The molecule has 0 saturated carbocycles. The Morgan fingerprint density at radius 3 is 1.90 bits per heavy atom. The van der Waals surface area contributed by atoms with Crippen LogP contribution in [0.1, 0.15) is 52.7 Å². The lowest BCUT2D eigenvalue weighted by molar-refractivity contribution is 0.261. The lowest BCUT2D eigenvalue weighted by atomic mass is 9.79. The van der Waals surface area contributed by atoms with Gasteiger partial charge in [-0.1, -0.05) is 41.5 Å². The van der Waals surface area contributed by atoms with E-state index in [1.165, 1.54) is 0 Å². The van der Waals surface area contributed by atoms with Crippen molar-refractivity contribution in [3.63, 3.8) is 0 Å². The van der Waals surface area contributed by atoms with E-state index in [1.807, 2.05) is 12.1 Å². The Bertz CT molecular complexity index is 453. The predicted octanol–water partition coefficient (Wildman–Crippen LogP) is 3.76. The van der Waals surface area contributed by atoms with Crippen molar-refractivity contribution in [2.45, 2.75) is 58.5 Å². The molecule has 1 unspecified atom stereocenters. The van der Waals surface area contributed by atoms with E-state index < -0.39 is 0 Å². The fourth-order valence-corrected chi connectivity index (χ4v) is 2.19. The summed E-state index contributed by atoms with van der Waals surface area (Å²) in [5.41, 5.74) is 1.60. The smallest absolute Gasteiger partial charge is 0.123 e. The molecule has 1 heterocycles. The van der Waals surface area contributed by atoms with Gasteiger partial charge in [-0.3, -0.25) is 0 Å². The van der Waals surface area contributed by atoms with Gasteiger partial charge in [-0.05, 0) is 23.0 Å². The highest BCUT2D eigenvalue weighted by Gasteiger charge is 2.28. The summed E-state index contributed by atoms with van der Waals surface area (Å²) in [5, 5.41) is 10.6. The highest BCUT2D eigenvalue weighted by Crippen LogP contribution is 2.41. The maximum atomic E-state index is 10.6. The molecule has 1 saturated heterocycles. The second kappa shape index (κ2) is 4.96. The lowest BCUT2D eigenvalue weighted by Crippen LogP contribution is -2.18. The first-order chi connectivity index (χ1) is 9.09. The molecule has 1 aliphatic heterocycles. The maximum absolute atomic E-state index is 10.6. The zero-order valence-corrected chi connectivity index (χ0v) is 13.4. The van der Waals surface area contributed by atoms with Gasteiger partial charge in [0.1, 0.15) is 24.2 Å². The molecule has 1 atom stereocenters. The van der Waals surface area contributed by atoms with Crippen LogP contribution in [0, 0.1) is 0 Å². The maximum Gasteiger partial charge on any atom is 0.123 e. The summed E-state index contributed by atoms with van der Waals surface area (Å²) in [6.45, 7) is 14.0. The summed E-state index contributed by atoms with van der Waals surface area (Å²) in [4.78, 5) is 0. The predicted molar refractivity (Wildman–Crippen MR) is 80.7 cm³/mol. The molecule has 1 aromatic rings. The number of aromatic hydroxyl groups is 1. The van der Waals surface area contributed by atoms with Crippen LogP contribution in [0.3, 0.4) is 0 Å². The third-order valence-electron chi connectivity index (χ3n) is 3.54. The third kappa shape index (κ3) is 3.45. The lowest BCUT2D eigenvalue weighted by Gasteiger charge is -2.28. The minimum atomic E-state index is -0.125. The van der Waals surface area contributed by atoms with E-state index >= 15 is 0 Å². The molecule has 1 aromatic carbocycles. The summed E-state index contributed by atoms with van der Waals surface area (Å²) in [6.07, 6.45) is 0.236. The topological polar surface area (TPSA) is 42.0 Å². The Kier molecular flexibility index (Phi) is 3.76. The molecule has 1 fully saturated rings. The van der Waals surface area contributed by atoms with E-state index in [1.54, 1.807) is 0 Å². The first-order valence-electron chi connectivity index (χ1n) is 7.21. The molecule has 0 bridgehead atoms. The van der Waals surface area contributed by atoms with Crippen molar-refractivity contribution in [2.24, 2.45) is 0 Å². The van der Waals surface area contributed by atoms with E-state index in [4.69, 9.17) is 9.47 Å². The zero-order valence-electron chi connectivity index (χ0n) is 13.4.